The van der Waals surface area contributed by atoms with Gasteiger partial charge in [-0.1, -0.05) is 44.2 Å². The minimum Gasteiger partial charge on any atom is -0.496 e. The third kappa shape index (κ3) is 3.50. The van der Waals surface area contributed by atoms with Gasteiger partial charge in [0.05, 0.1) is 13.7 Å². The van der Waals surface area contributed by atoms with Crippen molar-refractivity contribution in [2.75, 3.05) is 40.4 Å². The minimum atomic E-state index is 0.431. The Morgan fingerprint density at radius 1 is 1.13 bits per heavy atom. The topological polar surface area (TPSA) is 24.9 Å². The lowest BCUT2D eigenvalue weighted by Crippen LogP contribution is -2.46. The van der Waals surface area contributed by atoms with E-state index in [0.29, 0.717) is 23.8 Å². The highest BCUT2D eigenvalue weighted by Gasteiger charge is 2.46. The number of nitrogens with zero attached hydrogens (tertiary/aromatic N) is 2. The SMILES string of the molecule is COc1ccc(CN2CCN(C)C(c3ccccc3C(C)C)C2)c2c1C1CC1CO2. The molecule has 3 unspecified atom stereocenters. The fraction of sp³-hybridized carbons (Fsp3) is 0.538. The Balaban J connectivity index is 1.40. The zero-order valence-electron chi connectivity index (χ0n) is 18.7. The van der Waals surface area contributed by atoms with E-state index in [1.807, 2.05) is 0 Å². The summed E-state index contributed by atoms with van der Waals surface area (Å²) in [6.45, 7) is 9.62. The maximum absolute atomic E-state index is 6.26. The van der Waals surface area contributed by atoms with Gasteiger partial charge in [-0.15, -0.1) is 0 Å². The van der Waals surface area contributed by atoms with Crippen molar-refractivity contribution in [1.29, 1.82) is 0 Å². The number of hydrogen-bond acceptors (Lipinski definition) is 4. The van der Waals surface area contributed by atoms with Crippen molar-refractivity contribution < 1.29 is 9.47 Å². The second-order valence-electron chi connectivity index (χ2n) is 9.60. The summed E-state index contributed by atoms with van der Waals surface area (Å²) in [4.78, 5) is 5.12. The Kier molecular flexibility index (Phi) is 5.24. The summed E-state index contributed by atoms with van der Waals surface area (Å²) in [6.07, 6.45) is 1.25. The van der Waals surface area contributed by atoms with Gasteiger partial charge in [-0.3, -0.25) is 9.80 Å². The van der Waals surface area contributed by atoms with Gasteiger partial charge < -0.3 is 9.47 Å². The predicted molar refractivity (Wildman–Crippen MR) is 121 cm³/mol. The number of fused-ring (bicyclic) bond motifs is 3. The number of hydrogen-bond donors (Lipinski definition) is 0. The van der Waals surface area contributed by atoms with Gasteiger partial charge in [0.25, 0.3) is 0 Å². The van der Waals surface area contributed by atoms with Crippen LogP contribution in [0.4, 0.5) is 0 Å². The summed E-state index contributed by atoms with van der Waals surface area (Å²) >= 11 is 0. The quantitative estimate of drug-likeness (QED) is 0.712. The fourth-order valence-electron chi connectivity index (χ4n) is 5.42. The molecule has 1 saturated carbocycles. The van der Waals surface area contributed by atoms with Crippen molar-refractivity contribution in [2.24, 2.45) is 5.92 Å². The summed E-state index contributed by atoms with van der Waals surface area (Å²) in [6, 6.07) is 13.8. The zero-order valence-corrected chi connectivity index (χ0v) is 18.7. The van der Waals surface area contributed by atoms with Crippen molar-refractivity contribution in [2.45, 2.75) is 44.7 Å². The summed E-state index contributed by atoms with van der Waals surface area (Å²) < 4.78 is 11.9. The molecule has 3 atom stereocenters. The lowest BCUT2D eigenvalue weighted by Gasteiger charge is -2.41. The van der Waals surface area contributed by atoms with Crippen molar-refractivity contribution in [1.82, 2.24) is 9.80 Å². The molecule has 4 nitrogen and oxygen atoms in total. The molecule has 4 heteroatoms. The molecule has 5 rings (SSSR count). The highest BCUT2D eigenvalue weighted by Crippen LogP contribution is 2.57. The molecule has 2 aromatic rings. The van der Waals surface area contributed by atoms with Crippen LogP contribution >= 0.6 is 0 Å². The van der Waals surface area contributed by atoms with Gasteiger partial charge in [0.15, 0.2) is 0 Å². The first-order chi connectivity index (χ1) is 14.6. The Bertz CT molecular complexity index is 925. The number of rotatable bonds is 5. The normalized spacial score (nSPS) is 26.1. The smallest absolute Gasteiger partial charge is 0.130 e. The molecule has 30 heavy (non-hydrogen) atoms. The number of likely N-dealkylation sites (N-methyl/N-ethyl adjacent to an activating group) is 1. The standard InChI is InChI=1S/C26H34N2O2/c1-17(2)20-7-5-6-8-21(20)23-15-28(12-11-27(23)3)14-18-9-10-24(29-4)25-22-13-19(22)16-30-26(18)25/h5-10,17,19,22-23H,11-16H2,1-4H3. The Morgan fingerprint density at radius 2 is 1.97 bits per heavy atom. The Morgan fingerprint density at radius 3 is 2.77 bits per heavy atom. The van der Waals surface area contributed by atoms with E-state index in [9.17, 15) is 0 Å². The largest absolute Gasteiger partial charge is 0.496 e. The molecule has 0 radical (unpaired) electrons. The average molecular weight is 407 g/mol. The van der Waals surface area contributed by atoms with Crippen LogP contribution in [0.15, 0.2) is 36.4 Å². The molecule has 2 aromatic carbocycles. The lowest BCUT2D eigenvalue weighted by atomic mass is 9.91. The third-order valence-corrected chi connectivity index (χ3v) is 7.30. The second kappa shape index (κ2) is 7.90. The first-order valence-electron chi connectivity index (χ1n) is 11.4. The summed E-state index contributed by atoms with van der Waals surface area (Å²) in [5.74, 6) is 3.98. The lowest BCUT2D eigenvalue weighted by molar-refractivity contribution is 0.0889. The molecule has 2 heterocycles. The van der Waals surface area contributed by atoms with Gasteiger partial charge in [-0.2, -0.15) is 0 Å². The van der Waals surface area contributed by atoms with Crippen LogP contribution in [0.2, 0.25) is 0 Å². The molecule has 0 bridgehead atoms. The Hall–Kier alpha value is -2.04. The number of methoxy groups -OCH3 is 1. The van der Waals surface area contributed by atoms with Crippen LogP contribution in [0, 0.1) is 5.92 Å². The van der Waals surface area contributed by atoms with Crippen LogP contribution in [0.1, 0.15) is 60.4 Å². The van der Waals surface area contributed by atoms with Crippen LogP contribution in [-0.2, 0) is 6.54 Å². The highest BCUT2D eigenvalue weighted by atomic mass is 16.5. The molecular weight excluding hydrogens is 372 g/mol. The average Bonchev–Trinajstić information content (AvgIpc) is 3.55. The maximum atomic E-state index is 6.26. The molecule has 0 spiro atoms. The molecule has 2 fully saturated rings. The van der Waals surface area contributed by atoms with Crippen LogP contribution in [0.3, 0.4) is 0 Å². The van der Waals surface area contributed by atoms with Crippen molar-refractivity contribution >= 4 is 0 Å². The number of piperazine rings is 1. The van der Waals surface area contributed by atoms with Crippen LogP contribution in [-0.4, -0.2) is 50.2 Å². The molecule has 160 valence electrons. The van der Waals surface area contributed by atoms with Crippen LogP contribution in [0.5, 0.6) is 11.5 Å². The second-order valence-corrected chi connectivity index (χ2v) is 9.60. The van der Waals surface area contributed by atoms with Gasteiger partial charge in [0.1, 0.15) is 11.5 Å². The Labute approximate surface area is 180 Å². The van der Waals surface area contributed by atoms with Gasteiger partial charge in [-0.05, 0) is 42.5 Å². The van der Waals surface area contributed by atoms with Gasteiger partial charge in [0, 0.05) is 49.3 Å². The first kappa shape index (κ1) is 19.9. The zero-order chi connectivity index (χ0) is 20.8. The summed E-state index contributed by atoms with van der Waals surface area (Å²) in [7, 11) is 4.04. The molecule has 0 aromatic heterocycles. The van der Waals surface area contributed by atoms with E-state index in [1.165, 1.54) is 28.7 Å². The van der Waals surface area contributed by atoms with Crippen molar-refractivity contribution in [3.63, 3.8) is 0 Å². The highest BCUT2D eigenvalue weighted by molar-refractivity contribution is 5.55. The molecular formula is C26H34N2O2. The van der Waals surface area contributed by atoms with Crippen molar-refractivity contribution in [3.8, 4) is 11.5 Å². The monoisotopic (exact) mass is 406 g/mol. The summed E-state index contributed by atoms with van der Waals surface area (Å²) in [5.41, 5.74) is 5.59. The minimum absolute atomic E-state index is 0.431. The third-order valence-electron chi connectivity index (χ3n) is 7.30. The fourth-order valence-corrected chi connectivity index (χ4v) is 5.42. The van der Waals surface area contributed by atoms with Gasteiger partial charge >= 0.3 is 0 Å². The molecule has 1 saturated heterocycles. The molecule has 3 aliphatic rings. The van der Waals surface area contributed by atoms with Crippen LogP contribution in [0.25, 0.3) is 0 Å². The van der Waals surface area contributed by atoms with Gasteiger partial charge in [0.2, 0.25) is 0 Å². The molecule has 0 N–H and O–H groups in total. The van der Waals surface area contributed by atoms with Gasteiger partial charge in [-0.25, -0.2) is 0 Å². The van der Waals surface area contributed by atoms with Crippen LogP contribution < -0.4 is 9.47 Å². The first-order valence-corrected chi connectivity index (χ1v) is 11.4. The van der Waals surface area contributed by atoms with E-state index in [2.05, 4.69) is 67.1 Å². The summed E-state index contributed by atoms with van der Waals surface area (Å²) in [5, 5.41) is 0. The maximum Gasteiger partial charge on any atom is 0.130 e. The van der Waals surface area contributed by atoms with E-state index in [1.54, 1.807) is 7.11 Å². The van der Waals surface area contributed by atoms with E-state index in [0.717, 1.165) is 44.3 Å². The number of ether oxygens (including phenoxy) is 2. The number of benzene rings is 2. The van der Waals surface area contributed by atoms with E-state index >= 15 is 0 Å². The predicted octanol–water partition coefficient (Wildman–Crippen LogP) is 4.80. The van der Waals surface area contributed by atoms with E-state index < -0.39 is 0 Å². The van der Waals surface area contributed by atoms with E-state index in [-0.39, 0.29) is 0 Å². The molecule has 1 aliphatic carbocycles. The van der Waals surface area contributed by atoms with Crippen molar-refractivity contribution in [3.05, 3.63) is 58.7 Å². The molecule has 0 amide bonds. The molecule has 2 aliphatic heterocycles. The van der Waals surface area contributed by atoms with E-state index in [4.69, 9.17) is 9.47 Å².